The van der Waals surface area contributed by atoms with E-state index in [1.54, 1.807) is 14.2 Å². The lowest BCUT2D eigenvalue weighted by Gasteiger charge is -2.37. The molecule has 1 aliphatic rings. The highest BCUT2D eigenvalue weighted by Crippen LogP contribution is 2.48. The molecular weight excluding hydrogens is 460 g/mol. The van der Waals surface area contributed by atoms with Crippen molar-refractivity contribution in [3.8, 4) is 17.2 Å². The van der Waals surface area contributed by atoms with Crippen LogP contribution in [0, 0.1) is 6.92 Å². The highest BCUT2D eigenvalue weighted by molar-refractivity contribution is 5.98. The topological polar surface area (TPSA) is 34.2 Å². The highest BCUT2D eigenvalue weighted by atomic mass is 16.5. The van der Waals surface area contributed by atoms with E-state index in [1.165, 1.54) is 0 Å². The number of rotatable bonds is 6. The largest absolute Gasteiger partial charge is 0.497 e. The van der Waals surface area contributed by atoms with Crippen LogP contribution in [0.3, 0.4) is 0 Å². The van der Waals surface area contributed by atoms with E-state index in [1.807, 2.05) is 40.3 Å². The minimum atomic E-state index is -0.806. The van der Waals surface area contributed by atoms with Crippen LogP contribution in [0.2, 0.25) is 0 Å². The highest BCUT2D eigenvalue weighted by Gasteiger charge is 2.38. The first kappa shape index (κ1) is 24.6. The van der Waals surface area contributed by atoms with Crippen molar-refractivity contribution >= 4 is 28.2 Å². The van der Waals surface area contributed by atoms with Crippen LogP contribution in [0.5, 0.6) is 17.2 Å². The third-order valence-electron chi connectivity index (χ3n) is 7.22. The number of anilines is 2. The van der Waals surface area contributed by atoms with Crippen LogP contribution >= 0.6 is 0 Å². The number of aryl methyl sites for hydroxylation is 1. The fourth-order valence-corrected chi connectivity index (χ4v) is 5.05. The Morgan fingerprint density at radius 1 is 0.703 bits per heavy atom. The van der Waals surface area contributed by atoms with Gasteiger partial charge in [0.25, 0.3) is 0 Å². The predicted octanol–water partition coefficient (Wildman–Crippen LogP) is 6.65. The third-order valence-corrected chi connectivity index (χ3v) is 7.22. The standard InChI is InChI=1S/C32H34N2O3/c1-21-18-28-29(19-26(35-6)20-30(28)36-7)31-27(21)16-17-32(37-31,22-8-12-24(13-9-22)33(2)3)23-10-14-25(15-11-23)34(4)5/h8-20H,1-7H3. The van der Waals surface area contributed by atoms with Crippen molar-refractivity contribution in [3.63, 3.8) is 0 Å². The first-order valence-electron chi connectivity index (χ1n) is 12.4. The first-order valence-corrected chi connectivity index (χ1v) is 12.4. The van der Waals surface area contributed by atoms with Crippen LogP contribution in [0.1, 0.15) is 22.3 Å². The van der Waals surface area contributed by atoms with Crippen molar-refractivity contribution < 1.29 is 14.2 Å². The Morgan fingerprint density at radius 2 is 1.27 bits per heavy atom. The van der Waals surface area contributed by atoms with E-state index < -0.39 is 5.60 Å². The number of ether oxygens (including phenoxy) is 3. The molecule has 0 atom stereocenters. The second-order valence-electron chi connectivity index (χ2n) is 9.91. The Morgan fingerprint density at radius 3 is 1.76 bits per heavy atom. The molecule has 5 heteroatoms. The Kier molecular flexibility index (Phi) is 6.24. The van der Waals surface area contributed by atoms with Crippen LogP contribution in [-0.2, 0) is 5.60 Å². The van der Waals surface area contributed by atoms with Gasteiger partial charge >= 0.3 is 0 Å². The molecule has 0 aromatic heterocycles. The van der Waals surface area contributed by atoms with E-state index in [4.69, 9.17) is 14.2 Å². The van der Waals surface area contributed by atoms with Crippen LogP contribution in [0.4, 0.5) is 11.4 Å². The maximum Gasteiger partial charge on any atom is 0.178 e. The zero-order valence-corrected chi connectivity index (χ0v) is 22.6. The van der Waals surface area contributed by atoms with Crippen LogP contribution in [-0.4, -0.2) is 42.4 Å². The van der Waals surface area contributed by atoms with Gasteiger partial charge in [-0.1, -0.05) is 30.3 Å². The average molecular weight is 495 g/mol. The van der Waals surface area contributed by atoms with Gasteiger partial charge in [-0.3, -0.25) is 0 Å². The number of methoxy groups -OCH3 is 2. The summed E-state index contributed by atoms with van der Waals surface area (Å²) < 4.78 is 18.5. The fraction of sp³-hybridized carbons (Fsp3) is 0.250. The summed E-state index contributed by atoms with van der Waals surface area (Å²) in [6.45, 7) is 2.11. The van der Waals surface area contributed by atoms with Crippen molar-refractivity contribution in [2.24, 2.45) is 0 Å². The maximum absolute atomic E-state index is 7.16. The van der Waals surface area contributed by atoms with Gasteiger partial charge in [0.2, 0.25) is 0 Å². The summed E-state index contributed by atoms with van der Waals surface area (Å²) in [6, 6.07) is 23.3. The smallest absolute Gasteiger partial charge is 0.178 e. The zero-order chi connectivity index (χ0) is 26.3. The number of hydrogen-bond acceptors (Lipinski definition) is 5. The normalized spacial score (nSPS) is 13.6. The molecule has 0 unspecified atom stereocenters. The van der Waals surface area contributed by atoms with E-state index in [0.717, 1.165) is 61.6 Å². The van der Waals surface area contributed by atoms with Gasteiger partial charge in [0.1, 0.15) is 17.2 Å². The van der Waals surface area contributed by atoms with Crippen molar-refractivity contribution in [1.82, 2.24) is 0 Å². The molecule has 0 radical (unpaired) electrons. The van der Waals surface area contributed by atoms with Crippen LogP contribution in [0.15, 0.2) is 72.8 Å². The SMILES string of the molecule is COc1cc(OC)c2cc(C)c3c(c2c1)OC(c1ccc(N(C)C)cc1)(c1ccc(N(C)C)cc1)C=C3. The second-order valence-corrected chi connectivity index (χ2v) is 9.91. The summed E-state index contributed by atoms with van der Waals surface area (Å²) in [5, 5.41) is 1.95. The summed E-state index contributed by atoms with van der Waals surface area (Å²) in [6.07, 6.45) is 4.38. The number of benzene rings is 4. The Hall–Kier alpha value is -4.12. The Bertz CT molecular complexity index is 1420. The van der Waals surface area contributed by atoms with Crippen molar-refractivity contribution in [2.75, 3.05) is 52.2 Å². The summed E-state index contributed by atoms with van der Waals surface area (Å²) in [5.74, 6) is 2.31. The fourth-order valence-electron chi connectivity index (χ4n) is 5.05. The van der Waals surface area contributed by atoms with Crippen molar-refractivity contribution in [1.29, 1.82) is 0 Å². The molecule has 5 rings (SSSR count). The van der Waals surface area contributed by atoms with Crippen molar-refractivity contribution in [2.45, 2.75) is 12.5 Å². The lowest BCUT2D eigenvalue weighted by molar-refractivity contribution is 0.163. The monoisotopic (exact) mass is 494 g/mol. The number of nitrogens with zero attached hydrogens (tertiary/aromatic N) is 2. The molecule has 0 aliphatic carbocycles. The molecule has 190 valence electrons. The molecule has 0 fully saturated rings. The first-order chi connectivity index (χ1) is 17.8. The van der Waals surface area contributed by atoms with Gasteiger partial charge in [-0.15, -0.1) is 0 Å². The average Bonchev–Trinajstić information content (AvgIpc) is 2.92. The lowest BCUT2D eigenvalue weighted by Crippen LogP contribution is -2.34. The Labute approximate surface area is 219 Å². The number of fused-ring (bicyclic) bond motifs is 3. The minimum absolute atomic E-state index is 0.727. The van der Waals surface area contributed by atoms with Crippen molar-refractivity contribution in [3.05, 3.63) is 95.1 Å². The molecule has 0 bridgehead atoms. The molecule has 4 aromatic rings. The van der Waals surface area contributed by atoms with Gasteiger partial charge in [-0.2, -0.15) is 0 Å². The molecule has 37 heavy (non-hydrogen) atoms. The quantitative estimate of drug-likeness (QED) is 0.300. The molecule has 0 saturated heterocycles. The summed E-state index contributed by atoms with van der Waals surface area (Å²) in [7, 11) is 11.6. The molecule has 0 amide bonds. The lowest BCUT2D eigenvalue weighted by atomic mass is 9.82. The third kappa shape index (κ3) is 4.14. The van der Waals surface area contributed by atoms with Crippen LogP contribution in [0.25, 0.3) is 16.8 Å². The van der Waals surface area contributed by atoms with E-state index in [2.05, 4.69) is 83.5 Å². The molecule has 1 heterocycles. The van der Waals surface area contributed by atoms with E-state index >= 15 is 0 Å². The Balaban J connectivity index is 1.76. The molecule has 0 saturated carbocycles. The molecule has 0 N–H and O–H groups in total. The van der Waals surface area contributed by atoms with Gasteiger partial charge in [-0.25, -0.2) is 0 Å². The summed E-state index contributed by atoms with van der Waals surface area (Å²) >= 11 is 0. The molecular formula is C32H34N2O3. The van der Waals surface area contributed by atoms with E-state index in [9.17, 15) is 0 Å². The zero-order valence-electron chi connectivity index (χ0n) is 22.6. The molecule has 5 nitrogen and oxygen atoms in total. The van der Waals surface area contributed by atoms with Crippen LogP contribution < -0.4 is 24.0 Å². The van der Waals surface area contributed by atoms with Gasteiger partial charge in [0.05, 0.1) is 14.2 Å². The van der Waals surface area contributed by atoms with Gasteiger partial charge in [0, 0.05) is 73.1 Å². The summed E-state index contributed by atoms with van der Waals surface area (Å²) in [5.41, 5.74) is 5.77. The van der Waals surface area contributed by atoms with E-state index in [-0.39, 0.29) is 0 Å². The number of hydrogen-bond donors (Lipinski definition) is 0. The van der Waals surface area contributed by atoms with Gasteiger partial charge in [0.15, 0.2) is 5.60 Å². The summed E-state index contributed by atoms with van der Waals surface area (Å²) in [4.78, 5) is 4.20. The van der Waals surface area contributed by atoms with Gasteiger partial charge in [-0.05, 0) is 55.0 Å². The predicted molar refractivity (Wildman–Crippen MR) is 154 cm³/mol. The molecule has 1 aliphatic heterocycles. The molecule has 0 spiro atoms. The molecule has 4 aromatic carbocycles. The van der Waals surface area contributed by atoms with E-state index in [0.29, 0.717) is 0 Å². The second kappa shape index (κ2) is 9.40. The maximum atomic E-state index is 7.16. The minimum Gasteiger partial charge on any atom is -0.497 e. The van der Waals surface area contributed by atoms with Gasteiger partial charge < -0.3 is 24.0 Å².